The maximum absolute atomic E-state index is 13.5. The summed E-state index contributed by atoms with van der Waals surface area (Å²) < 4.78 is 19.5. The third kappa shape index (κ3) is 2.99. The molecular formula is C22H25FN2O2. The molecule has 142 valence electrons. The van der Waals surface area contributed by atoms with Gasteiger partial charge in [-0.2, -0.15) is 0 Å². The van der Waals surface area contributed by atoms with Gasteiger partial charge in [-0.1, -0.05) is 18.2 Å². The lowest BCUT2D eigenvalue weighted by Gasteiger charge is -2.40. The Morgan fingerprint density at radius 3 is 2.74 bits per heavy atom. The van der Waals surface area contributed by atoms with Gasteiger partial charge >= 0.3 is 0 Å². The van der Waals surface area contributed by atoms with Gasteiger partial charge in [0.05, 0.1) is 18.4 Å². The molecule has 0 spiro atoms. The lowest BCUT2D eigenvalue weighted by Crippen LogP contribution is -2.51. The van der Waals surface area contributed by atoms with Crippen LogP contribution in [0.3, 0.4) is 0 Å². The average molecular weight is 368 g/mol. The average Bonchev–Trinajstić information content (AvgIpc) is 3.03. The third-order valence-electron chi connectivity index (χ3n) is 6.25. The Balaban J connectivity index is 1.29. The van der Waals surface area contributed by atoms with Crippen LogP contribution in [0.4, 0.5) is 10.1 Å². The van der Waals surface area contributed by atoms with Crippen LogP contribution < -0.4 is 9.64 Å². The van der Waals surface area contributed by atoms with Crippen molar-refractivity contribution in [3.05, 3.63) is 58.9 Å². The van der Waals surface area contributed by atoms with E-state index in [1.807, 2.05) is 0 Å². The van der Waals surface area contributed by atoms with Gasteiger partial charge in [0.2, 0.25) is 0 Å². The van der Waals surface area contributed by atoms with E-state index in [4.69, 9.17) is 4.74 Å². The first-order chi connectivity index (χ1) is 13.2. The molecule has 0 unspecified atom stereocenters. The predicted molar refractivity (Wildman–Crippen MR) is 103 cm³/mol. The molecule has 0 radical (unpaired) electrons. The lowest BCUT2D eigenvalue weighted by molar-refractivity contribution is 0.0571. The van der Waals surface area contributed by atoms with Crippen LogP contribution in [0.1, 0.15) is 29.2 Å². The van der Waals surface area contributed by atoms with Gasteiger partial charge in [-0.25, -0.2) is 4.39 Å². The van der Waals surface area contributed by atoms with E-state index in [0.717, 1.165) is 68.9 Å². The maximum atomic E-state index is 13.5. The number of ether oxygens (including phenoxy) is 1. The number of para-hydroxylation sites is 1. The first-order valence-electron chi connectivity index (χ1n) is 9.91. The van der Waals surface area contributed by atoms with Crippen LogP contribution in [0.5, 0.6) is 5.75 Å². The zero-order chi connectivity index (χ0) is 18.4. The normalized spacial score (nSPS) is 25.0. The number of fused-ring (bicyclic) bond motifs is 2. The van der Waals surface area contributed by atoms with Gasteiger partial charge in [-0.3, -0.25) is 4.90 Å². The summed E-state index contributed by atoms with van der Waals surface area (Å²) in [6.45, 7) is 4.40. The number of aliphatic hydroxyl groups excluding tert-OH is 1. The van der Waals surface area contributed by atoms with Gasteiger partial charge in [0.25, 0.3) is 0 Å². The Hall–Kier alpha value is -2.11. The van der Waals surface area contributed by atoms with Gasteiger partial charge in [0, 0.05) is 32.2 Å². The molecule has 5 heteroatoms. The Kier molecular flexibility index (Phi) is 4.29. The molecule has 1 N–H and O–H groups in total. The molecule has 0 saturated carbocycles. The molecule has 0 bridgehead atoms. The fourth-order valence-electron chi connectivity index (χ4n) is 4.83. The van der Waals surface area contributed by atoms with Crippen molar-refractivity contribution >= 4 is 5.69 Å². The van der Waals surface area contributed by atoms with Crippen molar-refractivity contribution in [2.24, 2.45) is 0 Å². The molecule has 2 aromatic carbocycles. The predicted octanol–water partition coefficient (Wildman–Crippen LogP) is 2.93. The van der Waals surface area contributed by atoms with Gasteiger partial charge in [-0.15, -0.1) is 0 Å². The Morgan fingerprint density at radius 2 is 1.89 bits per heavy atom. The summed E-state index contributed by atoms with van der Waals surface area (Å²) in [5, 5.41) is 10.7. The van der Waals surface area contributed by atoms with E-state index in [2.05, 4.69) is 28.0 Å². The van der Waals surface area contributed by atoms with E-state index in [0.29, 0.717) is 0 Å². The molecule has 1 fully saturated rings. The molecule has 3 aliphatic rings. The smallest absolute Gasteiger partial charge is 0.145 e. The molecule has 1 saturated heterocycles. The molecule has 2 aromatic rings. The molecule has 2 aliphatic heterocycles. The summed E-state index contributed by atoms with van der Waals surface area (Å²) in [6, 6.07) is 11.2. The highest BCUT2D eigenvalue weighted by atomic mass is 19.1. The largest absolute Gasteiger partial charge is 0.491 e. The van der Waals surface area contributed by atoms with E-state index in [-0.39, 0.29) is 11.9 Å². The first-order valence-corrected chi connectivity index (χ1v) is 9.91. The second-order valence-corrected chi connectivity index (χ2v) is 7.80. The lowest BCUT2D eigenvalue weighted by atomic mass is 10.0. The summed E-state index contributed by atoms with van der Waals surface area (Å²) in [5.41, 5.74) is 4.34. The second kappa shape index (κ2) is 6.80. The van der Waals surface area contributed by atoms with Crippen LogP contribution in [0, 0.1) is 5.82 Å². The number of hydrogen-bond acceptors (Lipinski definition) is 4. The van der Waals surface area contributed by atoms with E-state index in [1.165, 1.54) is 17.3 Å². The van der Waals surface area contributed by atoms with Crippen molar-refractivity contribution in [2.45, 2.75) is 31.4 Å². The maximum Gasteiger partial charge on any atom is 0.145 e. The standard InChI is InChI=1S/C22H25FN2O2/c23-17-6-7-18-16(13-17)14-20(21(18)26)25-10-8-24(9-11-25)19-5-1-3-15-4-2-12-27-22(15)19/h1,3,5-7,13,20-21,26H,2,4,8-12,14H2/t20-,21-/m1/s1. The monoisotopic (exact) mass is 368 g/mol. The summed E-state index contributed by atoms with van der Waals surface area (Å²) in [5.74, 6) is 0.834. The Morgan fingerprint density at radius 1 is 1.04 bits per heavy atom. The molecule has 1 aliphatic carbocycles. The molecule has 0 aromatic heterocycles. The summed E-state index contributed by atoms with van der Waals surface area (Å²) in [7, 11) is 0. The number of benzene rings is 2. The molecular weight excluding hydrogens is 343 g/mol. The van der Waals surface area contributed by atoms with E-state index in [1.54, 1.807) is 12.1 Å². The number of nitrogens with zero attached hydrogens (tertiary/aromatic N) is 2. The molecule has 5 rings (SSSR count). The van der Waals surface area contributed by atoms with E-state index < -0.39 is 6.10 Å². The minimum Gasteiger partial charge on any atom is -0.491 e. The second-order valence-electron chi connectivity index (χ2n) is 7.80. The van der Waals surface area contributed by atoms with Crippen LogP contribution in [0.25, 0.3) is 0 Å². The fourth-order valence-corrected chi connectivity index (χ4v) is 4.83. The summed E-state index contributed by atoms with van der Waals surface area (Å²) in [4.78, 5) is 4.75. The number of anilines is 1. The quantitative estimate of drug-likeness (QED) is 0.884. The Labute approximate surface area is 159 Å². The van der Waals surface area contributed by atoms with Crippen molar-refractivity contribution in [3.8, 4) is 5.75 Å². The Bertz CT molecular complexity index is 848. The van der Waals surface area contributed by atoms with Crippen LogP contribution >= 0.6 is 0 Å². The molecule has 0 amide bonds. The number of rotatable bonds is 2. The zero-order valence-corrected chi connectivity index (χ0v) is 15.4. The fraction of sp³-hybridized carbons (Fsp3) is 0.455. The number of hydrogen-bond donors (Lipinski definition) is 1. The highest BCUT2D eigenvalue weighted by molar-refractivity contribution is 5.63. The molecule has 2 heterocycles. The van der Waals surface area contributed by atoms with Crippen molar-refractivity contribution in [1.82, 2.24) is 4.90 Å². The van der Waals surface area contributed by atoms with Gasteiger partial charge in [0.15, 0.2) is 0 Å². The van der Waals surface area contributed by atoms with E-state index in [9.17, 15) is 9.50 Å². The number of halogens is 1. The minimum absolute atomic E-state index is 0.0462. The first kappa shape index (κ1) is 17.0. The van der Waals surface area contributed by atoms with Gasteiger partial charge < -0.3 is 14.7 Å². The molecule has 27 heavy (non-hydrogen) atoms. The van der Waals surface area contributed by atoms with Crippen LogP contribution in [-0.2, 0) is 12.8 Å². The van der Waals surface area contributed by atoms with Crippen LogP contribution in [0.15, 0.2) is 36.4 Å². The number of aryl methyl sites for hydroxylation is 1. The highest BCUT2D eigenvalue weighted by Crippen LogP contribution is 2.38. The van der Waals surface area contributed by atoms with Crippen molar-refractivity contribution in [1.29, 1.82) is 0 Å². The molecule has 2 atom stereocenters. The van der Waals surface area contributed by atoms with Crippen LogP contribution in [0.2, 0.25) is 0 Å². The van der Waals surface area contributed by atoms with Crippen molar-refractivity contribution in [2.75, 3.05) is 37.7 Å². The summed E-state index contributed by atoms with van der Waals surface area (Å²) in [6.07, 6.45) is 2.37. The van der Waals surface area contributed by atoms with Crippen molar-refractivity contribution in [3.63, 3.8) is 0 Å². The molecule has 4 nitrogen and oxygen atoms in total. The van der Waals surface area contributed by atoms with Crippen LogP contribution in [-0.4, -0.2) is 48.8 Å². The summed E-state index contributed by atoms with van der Waals surface area (Å²) >= 11 is 0. The zero-order valence-electron chi connectivity index (χ0n) is 15.4. The van der Waals surface area contributed by atoms with E-state index >= 15 is 0 Å². The topological polar surface area (TPSA) is 35.9 Å². The number of aliphatic hydroxyl groups is 1. The minimum atomic E-state index is -0.528. The number of piperazine rings is 1. The SMILES string of the molecule is O[C@@H]1c2ccc(F)cc2C[C@H]1N1CCN(c2cccc3c2OCCC3)CC1. The van der Waals surface area contributed by atoms with Gasteiger partial charge in [0.1, 0.15) is 11.6 Å². The third-order valence-corrected chi connectivity index (χ3v) is 6.25. The highest BCUT2D eigenvalue weighted by Gasteiger charge is 2.37. The van der Waals surface area contributed by atoms with Gasteiger partial charge in [-0.05, 0) is 54.2 Å². The van der Waals surface area contributed by atoms with Crippen molar-refractivity contribution < 1.29 is 14.2 Å².